The van der Waals surface area contributed by atoms with E-state index in [0.717, 1.165) is 0 Å². The van der Waals surface area contributed by atoms with Gasteiger partial charge in [0.1, 0.15) is 11.4 Å². The van der Waals surface area contributed by atoms with Crippen LogP contribution in [0.25, 0.3) is 6.08 Å². The second-order valence-electron chi connectivity index (χ2n) is 7.03. The van der Waals surface area contributed by atoms with Gasteiger partial charge in [0.2, 0.25) is 0 Å². The van der Waals surface area contributed by atoms with Crippen LogP contribution in [-0.2, 0) is 4.79 Å². The average molecular weight is 479 g/mol. The normalized spacial score (nSPS) is 11.6. The van der Waals surface area contributed by atoms with Crippen molar-refractivity contribution in [2.24, 2.45) is 5.10 Å². The van der Waals surface area contributed by atoms with Crippen molar-refractivity contribution < 1.29 is 19.6 Å². The monoisotopic (exact) mass is 478 g/mol. The molecule has 3 rings (SSSR count). The van der Waals surface area contributed by atoms with Crippen molar-refractivity contribution in [3.8, 4) is 5.75 Å². The molecular formula is C24H19ClN4O5. The summed E-state index contributed by atoms with van der Waals surface area (Å²) in [4.78, 5) is 36.1. The summed E-state index contributed by atoms with van der Waals surface area (Å²) in [7, 11) is 0. The van der Waals surface area contributed by atoms with Crippen molar-refractivity contribution in [2.45, 2.75) is 6.92 Å². The molecule has 0 heterocycles. The third-order valence-electron chi connectivity index (χ3n) is 4.59. The summed E-state index contributed by atoms with van der Waals surface area (Å²) < 4.78 is 0. The number of nitrogens with one attached hydrogen (secondary N) is 2. The van der Waals surface area contributed by atoms with E-state index in [1.165, 1.54) is 42.5 Å². The Morgan fingerprint density at radius 2 is 1.79 bits per heavy atom. The number of phenolic OH excluding ortho intramolecular Hbond substituents is 1. The molecule has 0 unspecified atom stereocenters. The zero-order valence-corrected chi connectivity index (χ0v) is 18.6. The molecule has 3 aromatic rings. The minimum atomic E-state index is -0.781. The second kappa shape index (κ2) is 10.9. The lowest BCUT2D eigenvalue weighted by atomic mass is 10.1. The molecule has 0 aliphatic carbocycles. The van der Waals surface area contributed by atoms with E-state index < -0.39 is 16.7 Å². The van der Waals surface area contributed by atoms with Crippen LogP contribution in [0.15, 0.2) is 83.6 Å². The number of carbonyl (C=O) groups excluding carboxylic acids is 2. The van der Waals surface area contributed by atoms with E-state index in [-0.39, 0.29) is 22.8 Å². The first kappa shape index (κ1) is 24.1. The number of nitro groups is 1. The van der Waals surface area contributed by atoms with Gasteiger partial charge in [-0.25, -0.2) is 5.43 Å². The maximum absolute atomic E-state index is 12.9. The summed E-state index contributed by atoms with van der Waals surface area (Å²) in [6, 6.07) is 18.2. The van der Waals surface area contributed by atoms with Crippen LogP contribution < -0.4 is 10.7 Å². The van der Waals surface area contributed by atoms with E-state index in [1.54, 1.807) is 43.3 Å². The molecule has 172 valence electrons. The molecule has 0 aliphatic rings. The number of aromatic hydroxyl groups is 1. The Labute approximate surface area is 199 Å². The molecule has 3 aromatic carbocycles. The standard InChI is InChI=1S/C24H19ClN4O5/c1-15(20-14-18(25)10-11-22(20)30)27-28-24(32)21(26-23(31)17-7-3-2-4-8-17)13-16-6-5-9-19(12-16)29(33)34/h2-14,30H,1H3,(H,26,31)(H,28,32)/b21-13-,27-15-. The number of phenols is 1. The molecule has 0 saturated heterocycles. The van der Waals surface area contributed by atoms with Gasteiger partial charge in [-0.05, 0) is 48.9 Å². The average Bonchev–Trinajstić information content (AvgIpc) is 2.84. The van der Waals surface area contributed by atoms with Gasteiger partial charge >= 0.3 is 0 Å². The van der Waals surface area contributed by atoms with Gasteiger partial charge < -0.3 is 10.4 Å². The number of benzene rings is 3. The van der Waals surface area contributed by atoms with Gasteiger partial charge in [-0.1, -0.05) is 41.9 Å². The van der Waals surface area contributed by atoms with Gasteiger partial charge in [0.05, 0.1) is 10.6 Å². The summed E-state index contributed by atoms with van der Waals surface area (Å²) in [6.45, 7) is 1.55. The molecule has 34 heavy (non-hydrogen) atoms. The third-order valence-corrected chi connectivity index (χ3v) is 4.83. The van der Waals surface area contributed by atoms with Crippen molar-refractivity contribution in [1.82, 2.24) is 10.7 Å². The molecule has 10 heteroatoms. The maximum Gasteiger partial charge on any atom is 0.287 e. The first-order chi connectivity index (χ1) is 16.2. The van der Waals surface area contributed by atoms with Gasteiger partial charge in [-0.2, -0.15) is 5.10 Å². The lowest BCUT2D eigenvalue weighted by Gasteiger charge is -2.10. The molecule has 0 fully saturated rings. The van der Waals surface area contributed by atoms with Crippen molar-refractivity contribution in [3.05, 3.63) is 110 Å². The molecule has 0 aliphatic heterocycles. The summed E-state index contributed by atoms with van der Waals surface area (Å²) in [6.07, 6.45) is 1.30. The zero-order chi connectivity index (χ0) is 24.7. The Morgan fingerprint density at radius 1 is 1.06 bits per heavy atom. The fourth-order valence-corrected chi connectivity index (χ4v) is 3.06. The predicted molar refractivity (Wildman–Crippen MR) is 128 cm³/mol. The number of hydrazone groups is 1. The smallest absolute Gasteiger partial charge is 0.287 e. The van der Waals surface area contributed by atoms with Gasteiger partial charge in [-0.15, -0.1) is 0 Å². The Bertz CT molecular complexity index is 1310. The maximum atomic E-state index is 12.9. The highest BCUT2D eigenvalue weighted by Crippen LogP contribution is 2.22. The Balaban J connectivity index is 1.91. The molecule has 2 amide bonds. The number of amides is 2. The minimum absolute atomic E-state index is 0.0790. The van der Waals surface area contributed by atoms with Crippen LogP contribution in [0.2, 0.25) is 5.02 Å². The fraction of sp³-hybridized carbons (Fsp3) is 0.0417. The van der Waals surface area contributed by atoms with E-state index in [9.17, 15) is 24.8 Å². The predicted octanol–water partition coefficient (Wildman–Crippen LogP) is 4.27. The Morgan fingerprint density at radius 3 is 2.50 bits per heavy atom. The number of hydrogen-bond donors (Lipinski definition) is 3. The van der Waals surface area contributed by atoms with Crippen LogP contribution in [0.3, 0.4) is 0 Å². The Hall–Kier alpha value is -4.50. The summed E-state index contributed by atoms with van der Waals surface area (Å²) in [5.41, 5.74) is 3.16. The molecule has 3 N–H and O–H groups in total. The second-order valence-corrected chi connectivity index (χ2v) is 7.47. The van der Waals surface area contributed by atoms with Crippen LogP contribution in [0, 0.1) is 10.1 Å². The number of hydrogen-bond acceptors (Lipinski definition) is 6. The Kier molecular flexibility index (Phi) is 7.73. The van der Waals surface area contributed by atoms with E-state index in [4.69, 9.17) is 11.6 Å². The highest BCUT2D eigenvalue weighted by Gasteiger charge is 2.16. The van der Waals surface area contributed by atoms with Crippen LogP contribution in [0.5, 0.6) is 5.75 Å². The summed E-state index contributed by atoms with van der Waals surface area (Å²) in [5, 5.41) is 28.0. The van der Waals surface area contributed by atoms with E-state index in [0.29, 0.717) is 21.7 Å². The topological polar surface area (TPSA) is 134 Å². The molecular weight excluding hydrogens is 460 g/mol. The van der Waals surface area contributed by atoms with Crippen molar-refractivity contribution in [2.75, 3.05) is 0 Å². The first-order valence-corrected chi connectivity index (χ1v) is 10.3. The number of nitrogens with zero attached hydrogens (tertiary/aromatic N) is 2. The lowest BCUT2D eigenvalue weighted by Crippen LogP contribution is -2.33. The SMILES string of the molecule is C/C(=N/NC(=O)/C(=C/c1cccc([N+](=O)[O-])c1)NC(=O)c1ccccc1)c1cc(Cl)ccc1O. The molecule has 0 atom stereocenters. The van der Waals surface area contributed by atoms with Crippen LogP contribution in [0.1, 0.15) is 28.4 Å². The molecule has 9 nitrogen and oxygen atoms in total. The molecule has 0 spiro atoms. The number of rotatable bonds is 7. The van der Waals surface area contributed by atoms with Crippen LogP contribution in [-0.4, -0.2) is 27.6 Å². The third kappa shape index (κ3) is 6.27. The number of non-ortho nitro benzene ring substituents is 1. The van der Waals surface area contributed by atoms with Crippen LogP contribution in [0.4, 0.5) is 5.69 Å². The highest BCUT2D eigenvalue weighted by atomic mass is 35.5. The number of nitro benzene ring substituents is 1. The van der Waals surface area contributed by atoms with E-state index >= 15 is 0 Å². The lowest BCUT2D eigenvalue weighted by molar-refractivity contribution is -0.384. The number of halogens is 1. The van der Waals surface area contributed by atoms with E-state index in [2.05, 4.69) is 15.8 Å². The minimum Gasteiger partial charge on any atom is -0.507 e. The molecule has 0 bridgehead atoms. The van der Waals surface area contributed by atoms with Gasteiger partial charge in [0.25, 0.3) is 17.5 Å². The number of carbonyl (C=O) groups is 2. The quantitative estimate of drug-likeness (QED) is 0.202. The van der Waals surface area contributed by atoms with Crippen molar-refractivity contribution in [3.63, 3.8) is 0 Å². The van der Waals surface area contributed by atoms with E-state index in [1.807, 2.05) is 0 Å². The molecule has 0 saturated carbocycles. The molecule has 0 radical (unpaired) electrons. The highest BCUT2D eigenvalue weighted by molar-refractivity contribution is 6.31. The van der Waals surface area contributed by atoms with Crippen LogP contribution >= 0.6 is 11.6 Å². The molecule has 0 aromatic heterocycles. The van der Waals surface area contributed by atoms with Crippen molar-refractivity contribution in [1.29, 1.82) is 0 Å². The zero-order valence-electron chi connectivity index (χ0n) is 17.9. The first-order valence-electron chi connectivity index (χ1n) is 9.90. The van der Waals surface area contributed by atoms with Gasteiger partial charge in [0.15, 0.2) is 0 Å². The van der Waals surface area contributed by atoms with Gasteiger partial charge in [-0.3, -0.25) is 19.7 Å². The summed E-state index contributed by atoms with van der Waals surface area (Å²) in [5.74, 6) is -1.41. The summed E-state index contributed by atoms with van der Waals surface area (Å²) >= 11 is 5.96. The largest absolute Gasteiger partial charge is 0.507 e. The fourth-order valence-electron chi connectivity index (χ4n) is 2.89. The van der Waals surface area contributed by atoms with Gasteiger partial charge in [0, 0.05) is 28.3 Å². The van der Waals surface area contributed by atoms with Crippen molar-refractivity contribution >= 4 is 40.9 Å².